The second-order valence-corrected chi connectivity index (χ2v) is 7.30. The van der Waals surface area contributed by atoms with Crippen molar-refractivity contribution in [2.75, 3.05) is 26.9 Å². The SMILES string of the molecule is CCOCCN1C(=O)/C(=C/c2ccc(OC)c(Cl)c2)SC1=Nc1ccccc1. The lowest BCUT2D eigenvalue weighted by Gasteiger charge is -2.15. The second-order valence-electron chi connectivity index (χ2n) is 5.89. The lowest BCUT2D eigenvalue weighted by atomic mass is 10.2. The predicted molar refractivity (Wildman–Crippen MR) is 115 cm³/mol. The molecule has 0 bridgehead atoms. The number of halogens is 1. The Hall–Kier alpha value is -2.28. The van der Waals surface area contributed by atoms with Gasteiger partial charge in [-0.2, -0.15) is 0 Å². The number of ether oxygens (including phenoxy) is 2. The largest absolute Gasteiger partial charge is 0.495 e. The fourth-order valence-electron chi connectivity index (χ4n) is 2.63. The fourth-order valence-corrected chi connectivity index (χ4v) is 3.92. The average Bonchev–Trinajstić information content (AvgIpc) is 2.98. The second kappa shape index (κ2) is 9.78. The Balaban J connectivity index is 1.89. The van der Waals surface area contributed by atoms with E-state index in [1.807, 2.05) is 49.4 Å². The molecular formula is C21H21ClN2O3S. The molecule has 1 amide bonds. The van der Waals surface area contributed by atoms with Gasteiger partial charge in [0, 0.05) is 6.61 Å². The normalized spacial score (nSPS) is 17.0. The van der Waals surface area contributed by atoms with Crippen molar-refractivity contribution in [2.24, 2.45) is 4.99 Å². The average molecular weight is 417 g/mol. The highest BCUT2D eigenvalue weighted by atomic mass is 35.5. The van der Waals surface area contributed by atoms with Gasteiger partial charge in [-0.25, -0.2) is 4.99 Å². The molecule has 0 radical (unpaired) electrons. The number of hydrogen-bond donors (Lipinski definition) is 0. The maximum absolute atomic E-state index is 13.0. The number of carbonyl (C=O) groups is 1. The molecule has 3 rings (SSSR count). The summed E-state index contributed by atoms with van der Waals surface area (Å²) in [6.45, 7) is 3.44. The fraction of sp³-hybridized carbons (Fsp3) is 0.238. The van der Waals surface area contributed by atoms with Gasteiger partial charge in [0.15, 0.2) is 5.17 Å². The number of aliphatic imine (C=N–C) groups is 1. The summed E-state index contributed by atoms with van der Waals surface area (Å²) in [5.41, 5.74) is 1.63. The summed E-state index contributed by atoms with van der Waals surface area (Å²) < 4.78 is 10.6. The summed E-state index contributed by atoms with van der Waals surface area (Å²) in [4.78, 5) is 19.9. The minimum atomic E-state index is -0.0914. The smallest absolute Gasteiger partial charge is 0.266 e. The Morgan fingerprint density at radius 2 is 2.00 bits per heavy atom. The first-order valence-electron chi connectivity index (χ1n) is 8.88. The molecule has 1 aliphatic heterocycles. The zero-order valence-electron chi connectivity index (χ0n) is 15.7. The number of hydrogen-bond acceptors (Lipinski definition) is 5. The lowest BCUT2D eigenvalue weighted by molar-refractivity contribution is -0.122. The molecule has 5 nitrogen and oxygen atoms in total. The van der Waals surface area contributed by atoms with Crippen LogP contribution in [0, 0.1) is 0 Å². The molecule has 0 aromatic heterocycles. The summed E-state index contributed by atoms with van der Waals surface area (Å²) >= 11 is 7.55. The highest BCUT2D eigenvalue weighted by Gasteiger charge is 2.33. The van der Waals surface area contributed by atoms with E-state index in [4.69, 9.17) is 21.1 Å². The van der Waals surface area contributed by atoms with Crippen LogP contribution in [-0.2, 0) is 9.53 Å². The van der Waals surface area contributed by atoms with Gasteiger partial charge in [0.1, 0.15) is 5.75 Å². The lowest BCUT2D eigenvalue weighted by Crippen LogP contribution is -2.32. The van der Waals surface area contributed by atoms with E-state index in [9.17, 15) is 4.79 Å². The molecule has 0 spiro atoms. The molecule has 0 saturated carbocycles. The Bertz CT molecular complexity index is 900. The van der Waals surface area contributed by atoms with Crippen molar-refractivity contribution in [2.45, 2.75) is 6.92 Å². The maximum Gasteiger partial charge on any atom is 0.266 e. The maximum atomic E-state index is 13.0. The molecule has 0 N–H and O–H groups in total. The third-order valence-electron chi connectivity index (χ3n) is 4.01. The van der Waals surface area contributed by atoms with Gasteiger partial charge < -0.3 is 9.47 Å². The highest BCUT2D eigenvalue weighted by Crippen LogP contribution is 2.35. The van der Waals surface area contributed by atoms with Crippen LogP contribution < -0.4 is 4.74 Å². The highest BCUT2D eigenvalue weighted by molar-refractivity contribution is 8.18. The van der Waals surface area contributed by atoms with Crippen molar-refractivity contribution in [3.63, 3.8) is 0 Å². The molecule has 2 aromatic carbocycles. The van der Waals surface area contributed by atoms with Crippen LogP contribution in [0.15, 0.2) is 58.4 Å². The molecule has 2 aromatic rings. The third kappa shape index (κ3) is 4.95. The predicted octanol–water partition coefficient (Wildman–Crippen LogP) is 4.99. The van der Waals surface area contributed by atoms with Crippen LogP contribution in [0.25, 0.3) is 6.08 Å². The quantitative estimate of drug-likeness (QED) is 0.471. The molecule has 0 aliphatic carbocycles. The van der Waals surface area contributed by atoms with Crippen molar-refractivity contribution in [3.8, 4) is 5.75 Å². The van der Waals surface area contributed by atoms with E-state index in [1.54, 1.807) is 24.1 Å². The van der Waals surface area contributed by atoms with Gasteiger partial charge in [-0.1, -0.05) is 35.9 Å². The van der Waals surface area contributed by atoms with Crippen LogP contribution in [0.1, 0.15) is 12.5 Å². The van der Waals surface area contributed by atoms with Gasteiger partial charge in [-0.05, 0) is 54.6 Å². The number of methoxy groups -OCH3 is 1. The van der Waals surface area contributed by atoms with E-state index >= 15 is 0 Å². The standard InChI is InChI=1S/C21H21ClN2O3S/c1-3-27-12-11-24-20(25)19(14-15-9-10-18(26-2)17(22)13-15)28-21(24)23-16-7-5-4-6-8-16/h4-10,13-14H,3,11-12H2,1-2H3/b19-14-,23-21?. The Labute approximate surface area is 174 Å². The molecule has 146 valence electrons. The van der Waals surface area contributed by atoms with E-state index in [0.717, 1.165) is 11.3 Å². The van der Waals surface area contributed by atoms with Crippen LogP contribution in [0.2, 0.25) is 5.02 Å². The third-order valence-corrected chi connectivity index (χ3v) is 5.31. The molecule has 1 saturated heterocycles. The van der Waals surface area contributed by atoms with Gasteiger partial charge >= 0.3 is 0 Å². The molecule has 0 unspecified atom stereocenters. The van der Waals surface area contributed by atoms with Crippen molar-refractivity contribution >= 4 is 46.2 Å². The van der Waals surface area contributed by atoms with Crippen molar-refractivity contribution in [1.82, 2.24) is 4.90 Å². The van der Waals surface area contributed by atoms with Crippen LogP contribution in [-0.4, -0.2) is 42.8 Å². The summed E-state index contributed by atoms with van der Waals surface area (Å²) in [6.07, 6.45) is 1.82. The van der Waals surface area contributed by atoms with E-state index in [1.165, 1.54) is 11.8 Å². The van der Waals surface area contributed by atoms with Gasteiger partial charge in [-0.3, -0.25) is 9.69 Å². The minimum absolute atomic E-state index is 0.0914. The number of rotatable bonds is 7. The zero-order valence-corrected chi connectivity index (χ0v) is 17.3. The van der Waals surface area contributed by atoms with Crippen molar-refractivity contribution in [3.05, 3.63) is 64.0 Å². The van der Waals surface area contributed by atoms with Crippen LogP contribution in [0.5, 0.6) is 5.75 Å². The number of carbonyl (C=O) groups excluding carboxylic acids is 1. The number of benzene rings is 2. The Kier molecular flexibility index (Phi) is 7.14. The van der Waals surface area contributed by atoms with Crippen molar-refractivity contribution < 1.29 is 14.3 Å². The van der Waals surface area contributed by atoms with E-state index in [-0.39, 0.29) is 5.91 Å². The first-order chi connectivity index (χ1) is 13.6. The summed E-state index contributed by atoms with van der Waals surface area (Å²) in [7, 11) is 1.57. The van der Waals surface area contributed by atoms with E-state index in [2.05, 4.69) is 4.99 Å². The Morgan fingerprint density at radius 1 is 1.21 bits per heavy atom. The summed E-state index contributed by atoms with van der Waals surface area (Å²) in [5, 5.41) is 1.14. The first kappa shape index (κ1) is 20.5. The molecule has 0 atom stereocenters. The monoisotopic (exact) mass is 416 g/mol. The van der Waals surface area contributed by atoms with Crippen LogP contribution in [0.4, 0.5) is 5.69 Å². The molecule has 1 heterocycles. The molecule has 7 heteroatoms. The first-order valence-corrected chi connectivity index (χ1v) is 10.1. The molecule has 28 heavy (non-hydrogen) atoms. The molecule has 1 aliphatic rings. The Morgan fingerprint density at radius 3 is 2.68 bits per heavy atom. The van der Waals surface area contributed by atoms with Gasteiger partial charge in [0.05, 0.1) is 35.9 Å². The topological polar surface area (TPSA) is 51.1 Å². The van der Waals surface area contributed by atoms with Gasteiger partial charge in [0.2, 0.25) is 0 Å². The molecule has 1 fully saturated rings. The van der Waals surface area contributed by atoms with E-state index < -0.39 is 0 Å². The number of amides is 1. The zero-order chi connectivity index (χ0) is 19.9. The number of amidine groups is 1. The summed E-state index contributed by atoms with van der Waals surface area (Å²) in [5.74, 6) is 0.505. The van der Waals surface area contributed by atoms with Crippen LogP contribution >= 0.6 is 23.4 Å². The number of para-hydroxylation sites is 1. The molecular weight excluding hydrogens is 396 g/mol. The number of thioether (sulfide) groups is 1. The van der Waals surface area contributed by atoms with Gasteiger partial charge in [0.25, 0.3) is 5.91 Å². The van der Waals surface area contributed by atoms with E-state index in [0.29, 0.717) is 40.6 Å². The van der Waals surface area contributed by atoms with Crippen molar-refractivity contribution in [1.29, 1.82) is 0 Å². The summed E-state index contributed by atoms with van der Waals surface area (Å²) in [6, 6.07) is 15.0. The van der Waals surface area contributed by atoms with Crippen LogP contribution in [0.3, 0.4) is 0 Å². The minimum Gasteiger partial charge on any atom is -0.495 e. The number of nitrogens with zero attached hydrogens (tertiary/aromatic N) is 2. The van der Waals surface area contributed by atoms with Gasteiger partial charge in [-0.15, -0.1) is 0 Å².